The van der Waals surface area contributed by atoms with E-state index in [0.717, 1.165) is 6.07 Å². The van der Waals surface area contributed by atoms with Gasteiger partial charge in [-0.25, -0.2) is 4.39 Å². The van der Waals surface area contributed by atoms with Crippen LogP contribution in [0, 0.1) is 25.1 Å². The molecule has 1 atom stereocenters. The van der Waals surface area contributed by atoms with E-state index < -0.39 is 17.6 Å². The number of carbonyl (C=O) groups is 2. The first kappa shape index (κ1) is 17.3. The molecule has 2 aromatic rings. The Hall–Kier alpha value is -2.52. The topological polar surface area (TPSA) is 79.2 Å². The number of halogens is 2. The third-order valence-electron chi connectivity index (χ3n) is 4.68. The number of rotatable bonds is 2. The Balaban J connectivity index is 2.18. The lowest BCUT2D eigenvalue weighted by Crippen LogP contribution is -2.38. The average molecular weight is 362 g/mol. The van der Waals surface area contributed by atoms with Crippen molar-refractivity contribution < 1.29 is 14.0 Å². The van der Waals surface area contributed by atoms with Gasteiger partial charge in [0.05, 0.1) is 16.1 Å². The Morgan fingerprint density at radius 3 is 2.88 bits per heavy atom. The summed E-state index contributed by atoms with van der Waals surface area (Å²) in [6.45, 7) is 2.60. The molecule has 1 fully saturated rings. The molecule has 2 heterocycles. The molecule has 0 saturated carbocycles. The number of primary amides is 1. The van der Waals surface area contributed by atoms with Crippen molar-refractivity contribution in [1.82, 2.24) is 9.88 Å². The summed E-state index contributed by atoms with van der Waals surface area (Å²) in [5.41, 5.74) is 6.87. The van der Waals surface area contributed by atoms with E-state index in [1.54, 1.807) is 6.92 Å². The second kappa shape index (κ2) is 6.41. The molecular formula is C18H17ClFN3O2. The number of nitrogens with two attached hydrogens (primary N) is 1. The number of aromatic nitrogens is 1. The Kier molecular flexibility index (Phi) is 4.44. The van der Waals surface area contributed by atoms with Gasteiger partial charge in [-0.15, -0.1) is 6.42 Å². The van der Waals surface area contributed by atoms with E-state index in [9.17, 15) is 14.0 Å². The Labute approximate surface area is 149 Å². The number of fused-ring (bicyclic) bond motifs is 1. The second-order valence-corrected chi connectivity index (χ2v) is 6.61. The van der Waals surface area contributed by atoms with Gasteiger partial charge >= 0.3 is 0 Å². The molecule has 1 aliphatic heterocycles. The molecule has 1 aliphatic rings. The van der Waals surface area contributed by atoms with Crippen LogP contribution >= 0.6 is 11.6 Å². The van der Waals surface area contributed by atoms with Crippen LogP contribution in [0.15, 0.2) is 6.07 Å². The fourth-order valence-corrected chi connectivity index (χ4v) is 3.78. The van der Waals surface area contributed by atoms with E-state index in [2.05, 4.69) is 10.9 Å². The zero-order valence-corrected chi connectivity index (χ0v) is 14.4. The van der Waals surface area contributed by atoms with Crippen molar-refractivity contribution in [2.45, 2.75) is 25.7 Å². The lowest BCUT2D eigenvalue weighted by Gasteiger charge is -2.32. The highest BCUT2D eigenvalue weighted by Crippen LogP contribution is 2.40. The molecule has 0 radical (unpaired) electrons. The first-order valence-electron chi connectivity index (χ1n) is 7.90. The number of aromatic amines is 1. The summed E-state index contributed by atoms with van der Waals surface area (Å²) in [4.78, 5) is 28.0. The van der Waals surface area contributed by atoms with Gasteiger partial charge in [-0.05, 0) is 31.8 Å². The van der Waals surface area contributed by atoms with Crippen molar-refractivity contribution in [3.8, 4) is 12.3 Å². The average Bonchev–Trinajstić information content (AvgIpc) is 2.88. The molecule has 3 rings (SSSR count). The maximum Gasteiger partial charge on any atom is 0.298 e. The van der Waals surface area contributed by atoms with Crippen LogP contribution in [-0.4, -0.2) is 34.8 Å². The lowest BCUT2D eigenvalue weighted by atomic mass is 9.87. The molecule has 5 nitrogen and oxygen atoms in total. The number of H-pyrrole nitrogens is 1. The third-order valence-corrected chi connectivity index (χ3v) is 5.16. The number of aryl methyl sites for hydroxylation is 1. The predicted molar refractivity (Wildman–Crippen MR) is 93.9 cm³/mol. The van der Waals surface area contributed by atoms with E-state index in [0.29, 0.717) is 53.1 Å². The monoisotopic (exact) mass is 361 g/mol. The molecule has 0 aliphatic carbocycles. The largest absolute Gasteiger partial charge is 0.366 e. The van der Waals surface area contributed by atoms with Crippen molar-refractivity contribution in [3.63, 3.8) is 0 Å². The summed E-state index contributed by atoms with van der Waals surface area (Å²) in [6.07, 6.45) is 6.59. The number of nitrogens with zero attached hydrogens (tertiary/aromatic N) is 1. The summed E-state index contributed by atoms with van der Waals surface area (Å²) >= 11 is 6.38. The van der Waals surface area contributed by atoms with Crippen LogP contribution in [0.2, 0.25) is 5.02 Å². The fourth-order valence-electron chi connectivity index (χ4n) is 3.54. The van der Waals surface area contributed by atoms with Crippen LogP contribution in [0.3, 0.4) is 0 Å². The molecule has 1 aromatic heterocycles. The molecule has 7 heteroatoms. The maximum atomic E-state index is 14.9. The van der Waals surface area contributed by atoms with Gasteiger partial charge in [0, 0.05) is 35.7 Å². The molecular weight excluding hydrogens is 345 g/mol. The highest BCUT2D eigenvalue weighted by Gasteiger charge is 2.30. The van der Waals surface area contributed by atoms with Gasteiger partial charge in [0.1, 0.15) is 5.82 Å². The molecule has 2 amide bonds. The molecule has 25 heavy (non-hydrogen) atoms. The second-order valence-electron chi connectivity index (χ2n) is 6.23. The summed E-state index contributed by atoms with van der Waals surface area (Å²) in [5, 5.41) is 0.806. The predicted octanol–water partition coefficient (Wildman–Crippen LogP) is 2.71. The number of carbonyl (C=O) groups excluding carboxylic acids is 2. The first-order valence-corrected chi connectivity index (χ1v) is 8.28. The van der Waals surface area contributed by atoms with Crippen LogP contribution in [-0.2, 0) is 4.79 Å². The number of nitrogens with one attached hydrogen (secondary N) is 1. The van der Waals surface area contributed by atoms with Gasteiger partial charge in [-0.3, -0.25) is 9.59 Å². The lowest BCUT2D eigenvalue weighted by molar-refractivity contribution is -0.126. The molecule has 0 bridgehead atoms. The zero-order valence-electron chi connectivity index (χ0n) is 13.7. The normalized spacial score (nSPS) is 17.5. The molecule has 3 N–H and O–H groups in total. The van der Waals surface area contributed by atoms with Gasteiger partial charge in [0.25, 0.3) is 11.8 Å². The Bertz CT molecular complexity index is 929. The van der Waals surface area contributed by atoms with Crippen molar-refractivity contribution in [1.29, 1.82) is 0 Å². The number of hydrogen-bond donors (Lipinski definition) is 2. The third kappa shape index (κ3) is 2.85. The van der Waals surface area contributed by atoms with E-state index in [4.69, 9.17) is 23.8 Å². The van der Waals surface area contributed by atoms with Crippen LogP contribution in [0.4, 0.5) is 4.39 Å². The van der Waals surface area contributed by atoms with Crippen LogP contribution in [0.25, 0.3) is 10.9 Å². The van der Waals surface area contributed by atoms with E-state index >= 15 is 0 Å². The number of likely N-dealkylation sites (tertiary alicyclic amines) is 1. The van der Waals surface area contributed by atoms with Crippen LogP contribution < -0.4 is 5.73 Å². The number of benzene rings is 1. The van der Waals surface area contributed by atoms with Crippen molar-refractivity contribution >= 4 is 34.3 Å². The van der Waals surface area contributed by atoms with Crippen molar-refractivity contribution in [3.05, 3.63) is 33.7 Å². The summed E-state index contributed by atoms with van der Waals surface area (Å²) in [5.74, 6) is 0.138. The van der Waals surface area contributed by atoms with Gasteiger partial charge < -0.3 is 15.6 Å². The van der Waals surface area contributed by atoms with Gasteiger partial charge in [0.15, 0.2) is 0 Å². The van der Waals surface area contributed by atoms with Crippen molar-refractivity contribution in [2.75, 3.05) is 13.1 Å². The first-order chi connectivity index (χ1) is 11.8. The number of piperidine rings is 1. The molecule has 0 unspecified atom stereocenters. The minimum atomic E-state index is -0.735. The zero-order chi connectivity index (χ0) is 18.3. The highest BCUT2D eigenvalue weighted by molar-refractivity contribution is 6.37. The molecule has 0 spiro atoms. The molecule has 130 valence electrons. The Morgan fingerprint density at radius 2 is 2.24 bits per heavy atom. The number of amides is 2. The van der Waals surface area contributed by atoms with Crippen molar-refractivity contribution in [2.24, 2.45) is 5.73 Å². The standard InChI is InChI=1S/C18H17ClFN3O2/c1-3-13(24)23-6-4-5-10(8-23)14-12(20)7-11(18(21)25)17-15(14)16(19)9(2)22-17/h1,7,10,22H,4-6,8H2,2H3,(H2,21,25)/t10-/m1/s1. The SMILES string of the molecule is C#CC(=O)N1CCC[C@@H](c2c(F)cc(C(N)=O)c3[nH]c(C)c(Cl)c23)C1. The minimum Gasteiger partial charge on any atom is -0.366 e. The fraction of sp³-hybridized carbons (Fsp3) is 0.333. The number of terminal acetylenes is 1. The minimum absolute atomic E-state index is 0.0543. The van der Waals surface area contributed by atoms with E-state index in [1.165, 1.54) is 4.90 Å². The molecule has 1 saturated heterocycles. The molecule has 1 aromatic carbocycles. The summed E-state index contributed by atoms with van der Waals surface area (Å²) in [6, 6.07) is 1.13. The quantitative estimate of drug-likeness (QED) is 0.806. The smallest absolute Gasteiger partial charge is 0.298 e. The van der Waals surface area contributed by atoms with Crippen LogP contribution in [0.1, 0.15) is 40.4 Å². The van der Waals surface area contributed by atoms with Crippen LogP contribution in [0.5, 0.6) is 0 Å². The van der Waals surface area contributed by atoms with Gasteiger partial charge in [0.2, 0.25) is 0 Å². The van der Waals surface area contributed by atoms with Gasteiger partial charge in [-0.2, -0.15) is 0 Å². The summed E-state index contributed by atoms with van der Waals surface area (Å²) < 4.78 is 14.9. The van der Waals surface area contributed by atoms with E-state index in [-0.39, 0.29) is 11.5 Å². The van der Waals surface area contributed by atoms with E-state index in [1.807, 2.05) is 0 Å². The number of hydrogen-bond acceptors (Lipinski definition) is 2. The Morgan fingerprint density at radius 1 is 1.52 bits per heavy atom. The van der Waals surface area contributed by atoms with Gasteiger partial charge in [-0.1, -0.05) is 11.6 Å². The summed E-state index contributed by atoms with van der Waals surface area (Å²) in [7, 11) is 0. The highest BCUT2D eigenvalue weighted by atomic mass is 35.5. The maximum absolute atomic E-state index is 14.9.